The van der Waals surface area contributed by atoms with E-state index in [4.69, 9.17) is 4.98 Å². The minimum atomic E-state index is -0.187. The number of allylic oxidation sites excluding steroid dienone is 4. The van der Waals surface area contributed by atoms with E-state index < -0.39 is 0 Å². The molecule has 2 aromatic rings. The zero-order chi connectivity index (χ0) is 22.3. The average molecular weight is 446 g/mol. The second-order valence-corrected chi connectivity index (χ2v) is 11.1. The number of thioether (sulfide) groups is 1. The first kappa shape index (κ1) is 21.7. The summed E-state index contributed by atoms with van der Waals surface area (Å²) in [5.41, 5.74) is 7.38. The molecule has 0 N–H and O–H groups in total. The van der Waals surface area contributed by atoms with Gasteiger partial charge in [0.2, 0.25) is 0 Å². The van der Waals surface area contributed by atoms with E-state index in [-0.39, 0.29) is 16.0 Å². The Morgan fingerprint density at radius 3 is 2.69 bits per heavy atom. The van der Waals surface area contributed by atoms with E-state index in [9.17, 15) is 4.39 Å². The predicted octanol–water partition coefficient (Wildman–Crippen LogP) is 8.01. The minimum absolute atomic E-state index is 0.0133. The number of hydrogen-bond donors (Lipinski definition) is 0. The van der Waals surface area contributed by atoms with Crippen molar-refractivity contribution < 1.29 is 4.39 Å². The maximum absolute atomic E-state index is 13.8. The van der Waals surface area contributed by atoms with Crippen LogP contribution in [0.15, 0.2) is 54.6 Å². The van der Waals surface area contributed by atoms with E-state index in [1.54, 1.807) is 12.1 Å². The molecule has 1 saturated carbocycles. The van der Waals surface area contributed by atoms with Crippen LogP contribution in [0, 0.1) is 5.82 Å². The molecule has 3 aliphatic rings. The van der Waals surface area contributed by atoms with Crippen LogP contribution in [0.3, 0.4) is 0 Å². The second kappa shape index (κ2) is 8.33. The Hall–Kier alpha value is -2.13. The second-order valence-electron chi connectivity index (χ2n) is 9.64. The van der Waals surface area contributed by atoms with Crippen LogP contribution >= 0.6 is 11.8 Å². The third-order valence-electron chi connectivity index (χ3n) is 7.15. The molecular formula is C29H32FNS. The highest BCUT2D eigenvalue weighted by molar-refractivity contribution is 8.01. The van der Waals surface area contributed by atoms with Gasteiger partial charge in [0, 0.05) is 10.3 Å². The summed E-state index contributed by atoms with van der Waals surface area (Å²) in [5.74, 6) is 1.21. The van der Waals surface area contributed by atoms with Crippen LogP contribution in [0.25, 0.3) is 17.2 Å². The molecule has 2 atom stereocenters. The van der Waals surface area contributed by atoms with Gasteiger partial charge in [-0.1, -0.05) is 75.8 Å². The van der Waals surface area contributed by atoms with Crippen molar-refractivity contribution in [1.82, 2.24) is 4.98 Å². The molecule has 0 radical (unpaired) electrons. The van der Waals surface area contributed by atoms with Crippen molar-refractivity contribution in [1.29, 1.82) is 0 Å². The number of pyridine rings is 1. The topological polar surface area (TPSA) is 12.9 Å². The number of fused-ring (bicyclic) bond motifs is 1. The molecule has 1 aromatic carbocycles. The fourth-order valence-electron chi connectivity index (χ4n) is 5.50. The number of nitrogens with zero attached hydrogens (tertiary/aromatic N) is 1. The monoisotopic (exact) mass is 445 g/mol. The van der Waals surface area contributed by atoms with Gasteiger partial charge in [-0.25, -0.2) is 4.39 Å². The van der Waals surface area contributed by atoms with Gasteiger partial charge < -0.3 is 0 Å². The van der Waals surface area contributed by atoms with Gasteiger partial charge in [-0.3, -0.25) is 4.98 Å². The number of unbranched alkanes of at least 4 members (excludes halogenated alkanes) is 1. The summed E-state index contributed by atoms with van der Waals surface area (Å²) in [5, 5.41) is 0. The van der Waals surface area contributed by atoms with E-state index in [1.807, 2.05) is 12.1 Å². The molecule has 0 bridgehead atoms. The molecule has 0 amide bonds. The number of rotatable bonds is 5. The van der Waals surface area contributed by atoms with Crippen LogP contribution in [-0.2, 0) is 11.8 Å². The molecule has 32 heavy (non-hydrogen) atoms. The van der Waals surface area contributed by atoms with E-state index in [0.29, 0.717) is 5.92 Å². The third-order valence-corrected chi connectivity index (χ3v) is 8.72. The fourth-order valence-corrected chi connectivity index (χ4v) is 7.12. The molecule has 0 saturated heterocycles. The lowest BCUT2D eigenvalue weighted by molar-refractivity contribution is 0.628. The Labute approximate surface area is 195 Å². The zero-order valence-corrected chi connectivity index (χ0v) is 20.1. The van der Waals surface area contributed by atoms with E-state index >= 15 is 0 Å². The van der Waals surface area contributed by atoms with Crippen LogP contribution in [0.2, 0.25) is 0 Å². The van der Waals surface area contributed by atoms with E-state index in [1.165, 1.54) is 28.1 Å². The maximum Gasteiger partial charge on any atom is 0.123 e. The largest absolute Gasteiger partial charge is 0.256 e. The summed E-state index contributed by atoms with van der Waals surface area (Å²) in [6.45, 7) is 6.69. The molecule has 2 aliphatic carbocycles. The molecule has 1 nitrogen and oxygen atoms in total. The van der Waals surface area contributed by atoms with Gasteiger partial charge in [0.1, 0.15) is 5.82 Å². The van der Waals surface area contributed by atoms with Gasteiger partial charge in [-0.2, -0.15) is 0 Å². The molecule has 1 aliphatic heterocycles. The minimum Gasteiger partial charge on any atom is -0.256 e. The van der Waals surface area contributed by atoms with Crippen molar-refractivity contribution in [3.63, 3.8) is 0 Å². The Bertz CT molecular complexity index is 1110. The van der Waals surface area contributed by atoms with Crippen molar-refractivity contribution >= 4 is 17.8 Å². The van der Waals surface area contributed by atoms with Gasteiger partial charge in [0.15, 0.2) is 0 Å². The first-order valence-electron chi connectivity index (χ1n) is 12.0. The number of halogens is 1. The average Bonchev–Trinajstić information content (AvgIpc) is 3.45. The van der Waals surface area contributed by atoms with E-state index in [0.717, 1.165) is 43.4 Å². The predicted molar refractivity (Wildman–Crippen MR) is 136 cm³/mol. The molecule has 2 heterocycles. The van der Waals surface area contributed by atoms with Gasteiger partial charge in [-0.15, -0.1) is 11.8 Å². The molecule has 3 heteroatoms. The van der Waals surface area contributed by atoms with Crippen molar-refractivity contribution in [3.05, 3.63) is 83.0 Å². The first-order valence-corrected chi connectivity index (χ1v) is 13.0. The Kier molecular flexibility index (Phi) is 5.65. The number of hydrogen-bond acceptors (Lipinski definition) is 2. The summed E-state index contributed by atoms with van der Waals surface area (Å²) in [4.78, 5) is 5.47. The summed E-state index contributed by atoms with van der Waals surface area (Å²) in [7, 11) is 0. The highest BCUT2D eigenvalue weighted by Crippen LogP contribution is 2.69. The lowest BCUT2D eigenvalue weighted by Gasteiger charge is -2.25. The van der Waals surface area contributed by atoms with E-state index in [2.05, 4.69) is 69.0 Å². The van der Waals surface area contributed by atoms with Crippen LogP contribution in [0.1, 0.15) is 74.9 Å². The lowest BCUT2D eigenvalue weighted by atomic mass is 9.83. The Balaban J connectivity index is 1.82. The zero-order valence-electron chi connectivity index (χ0n) is 19.3. The molecule has 5 rings (SSSR count). The first-order chi connectivity index (χ1) is 15.5. The standard InChI is InChI=1S/C29H32FNS/c1-4-5-7-10-23-25(21-11-13-22(30)14-12-21)24-15-18-32-29-17-9-6-8-16-28(29,19-29)27(24)31-26(23)20(2)3/h7-14,16-17,20H,4-6,15,18-19H2,1-3H3/b10-7+. The quantitative estimate of drug-likeness (QED) is 0.432. The molecule has 1 fully saturated rings. The lowest BCUT2D eigenvalue weighted by Crippen LogP contribution is -2.20. The molecule has 1 aromatic heterocycles. The van der Waals surface area contributed by atoms with Gasteiger partial charge in [0.05, 0.1) is 16.8 Å². The normalized spacial score (nSPS) is 25.9. The van der Waals surface area contributed by atoms with Crippen LogP contribution in [0.4, 0.5) is 4.39 Å². The molecule has 0 spiro atoms. The highest BCUT2D eigenvalue weighted by atomic mass is 32.2. The van der Waals surface area contributed by atoms with Crippen molar-refractivity contribution in [3.8, 4) is 11.1 Å². The van der Waals surface area contributed by atoms with Crippen LogP contribution < -0.4 is 0 Å². The highest BCUT2D eigenvalue weighted by Gasteiger charge is 2.68. The third kappa shape index (κ3) is 3.41. The summed E-state index contributed by atoms with van der Waals surface area (Å²) >= 11 is 2.10. The Morgan fingerprint density at radius 1 is 1.16 bits per heavy atom. The van der Waals surface area contributed by atoms with Gasteiger partial charge >= 0.3 is 0 Å². The van der Waals surface area contributed by atoms with Crippen molar-refractivity contribution in [2.24, 2.45) is 0 Å². The van der Waals surface area contributed by atoms with Crippen molar-refractivity contribution in [2.45, 2.75) is 69.0 Å². The van der Waals surface area contributed by atoms with Crippen LogP contribution in [-0.4, -0.2) is 15.5 Å². The molecule has 2 unspecified atom stereocenters. The number of aromatic nitrogens is 1. The summed E-state index contributed by atoms with van der Waals surface area (Å²) in [6, 6.07) is 7.09. The fraction of sp³-hybridized carbons (Fsp3) is 0.414. The van der Waals surface area contributed by atoms with Gasteiger partial charge in [-0.05, 0) is 66.2 Å². The SMILES string of the molecule is CCC/C=C/c1c(C(C)C)nc2c(c1-c1ccc(F)cc1)CCSC13C=CCC=CC21C3. The number of benzene rings is 1. The molecule has 166 valence electrons. The van der Waals surface area contributed by atoms with Gasteiger partial charge in [0.25, 0.3) is 0 Å². The maximum atomic E-state index is 13.8. The molecular weight excluding hydrogens is 413 g/mol. The summed E-state index contributed by atoms with van der Waals surface area (Å²) in [6.07, 6.45) is 19.4. The smallest absolute Gasteiger partial charge is 0.123 e. The van der Waals surface area contributed by atoms with Crippen molar-refractivity contribution in [2.75, 3.05) is 5.75 Å². The Morgan fingerprint density at radius 2 is 1.94 bits per heavy atom. The summed E-state index contributed by atoms with van der Waals surface area (Å²) < 4.78 is 14.0. The van der Waals surface area contributed by atoms with Crippen LogP contribution in [0.5, 0.6) is 0 Å².